The number of benzene rings is 2. The number of fused-ring (bicyclic) bond motifs is 1. The predicted octanol–water partition coefficient (Wildman–Crippen LogP) is 1.69. The van der Waals surface area contributed by atoms with E-state index in [1.807, 2.05) is 0 Å². The van der Waals surface area contributed by atoms with Crippen molar-refractivity contribution in [3.63, 3.8) is 0 Å². The Kier molecular flexibility index (Phi) is 4.49. The van der Waals surface area contributed by atoms with E-state index in [9.17, 15) is 26.9 Å². The molecule has 0 amide bonds. The number of sulfonamides is 2. The average Bonchev–Trinajstić information content (AvgIpc) is 2.89. The highest BCUT2D eigenvalue weighted by atomic mass is 32.2. The Hall–Kier alpha value is -2.50. The molecule has 11 heteroatoms. The molecule has 1 aliphatic rings. The second kappa shape index (κ2) is 6.29. The molecule has 0 fully saturated rings. The fraction of sp³-hybridized carbons (Fsp3) is 0.250. The van der Waals surface area contributed by atoms with Crippen LogP contribution in [0.25, 0.3) is 0 Å². The molecule has 27 heavy (non-hydrogen) atoms. The van der Waals surface area contributed by atoms with Crippen LogP contribution in [-0.4, -0.2) is 27.8 Å². The molecular formula is C16H17N3O6S2. The lowest BCUT2D eigenvalue weighted by Gasteiger charge is -2.24. The van der Waals surface area contributed by atoms with Gasteiger partial charge in [-0.15, -0.1) is 0 Å². The number of rotatable bonds is 4. The third-order valence-corrected chi connectivity index (χ3v) is 7.30. The number of nitro groups is 1. The summed E-state index contributed by atoms with van der Waals surface area (Å²) >= 11 is 0. The van der Waals surface area contributed by atoms with Crippen LogP contribution in [-0.2, 0) is 26.5 Å². The van der Waals surface area contributed by atoms with E-state index in [1.54, 1.807) is 6.92 Å². The van der Waals surface area contributed by atoms with Crippen LogP contribution in [0.4, 0.5) is 11.4 Å². The average molecular weight is 411 g/mol. The van der Waals surface area contributed by atoms with Crippen molar-refractivity contribution in [1.82, 2.24) is 0 Å². The highest BCUT2D eigenvalue weighted by Crippen LogP contribution is 2.38. The van der Waals surface area contributed by atoms with Crippen molar-refractivity contribution in [3.8, 4) is 0 Å². The summed E-state index contributed by atoms with van der Waals surface area (Å²) < 4.78 is 50.5. The van der Waals surface area contributed by atoms with E-state index < -0.39 is 31.0 Å². The van der Waals surface area contributed by atoms with Crippen molar-refractivity contribution in [1.29, 1.82) is 0 Å². The van der Waals surface area contributed by atoms with Gasteiger partial charge in [0.1, 0.15) is 0 Å². The van der Waals surface area contributed by atoms with Gasteiger partial charge >= 0.3 is 0 Å². The molecule has 3 rings (SSSR count). The normalized spacial score (nSPS) is 17.0. The largest absolute Gasteiger partial charge is 0.273 e. The molecule has 2 aromatic rings. The SMILES string of the molecule is Cc1ccc(S(=O)(=O)N2c3ccc(S(N)(=O)=O)cc3CC2C)cc1[N+](=O)[O-]. The van der Waals surface area contributed by atoms with Crippen molar-refractivity contribution in [2.24, 2.45) is 5.14 Å². The minimum atomic E-state index is -4.07. The lowest BCUT2D eigenvalue weighted by molar-refractivity contribution is -0.385. The van der Waals surface area contributed by atoms with Gasteiger partial charge in [0.2, 0.25) is 10.0 Å². The Morgan fingerprint density at radius 1 is 1.11 bits per heavy atom. The van der Waals surface area contributed by atoms with Gasteiger partial charge in [0.15, 0.2) is 0 Å². The fourth-order valence-electron chi connectivity index (χ4n) is 3.18. The third-order valence-electron chi connectivity index (χ3n) is 4.47. The Morgan fingerprint density at radius 2 is 1.74 bits per heavy atom. The maximum Gasteiger partial charge on any atom is 0.273 e. The van der Waals surface area contributed by atoms with Crippen LogP contribution in [0, 0.1) is 17.0 Å². The van der Waals surface area contributed by atoms with Crippen LogP contribution in [0.3, 0.4) is 0 Å². The predicted molar refractivity (Wildman–Crippen MR) is 98.5 cm³/mol. The van der Waals surface area contributed by atoms with Gasteiger partial charge in [0, 0.05) is 17.7 Å². The van der Waals surface area contributed by atoms with E-state index in [4.69, 9.17) is 5.14 Å². The summed E-state index contributed by atoms with van der Waals surface area (Å²) in [5.41, 5.74) is 0.927. The summed E-state index contributed by atoms with van der Waals surface area (Å²) in [5, 5.41) is 16.3. The molecule has 1 unspecified atom stereocenters. The van der Waals surface area contributed by atoms with Gasteiger partial charge in [-0.3, -0.25) is 14.4 Å². The summed E-state index contributed by atoms with van der Waals surface area (Å²) in [6.45, 7) is 3.20. The van der Waals surface area contributed by atoms with Crippen LogP contribution in [0.1, 0.15) is 18.1 Å². The molecule has 1 heterocycles. The lowest BCUT2D eigenvalue weighted by Crippen LogP contribution is -2.35. The second-order valence-corrected chi connectivity index (χ2v) is 9.77. The maximum absolute atomic E-state index is 13.1. The van der Waals surface area contributed by atoms with Gasteiger partial charge in [0.05, 0.1) is 20.4 Å². The van der Waals surface area contributed by atoms with Crippen molar-refractivity contribution in [2.75, 3.05) is 4.31 Å². The zero-order chi connectivity index (χ0) is 20.1. The smallest absolute Gasteiger partial charge is 0.263 e. The molecular weight excluding hydrogens is 394 g/mol. The zero-order valence-electron chi connectivity index (χ0n) is 14.5. The van der Waals surface area contributed by atoms with Gasteiger partial charge in [0.25, 0.3) is 15.7 Å². The highest BCUT2D eigenvalue weighted by molar-refractivity contribution is 7.93. The molecule has 1 aliphatic heterocycles. The number of nitrogens with zero attached hydrogens (tertiary/aromatic N) is 2. The summed E-state index contributed by atoms with van der Waals surface area (Å²) in [6, 6.07) is 7.24. The van der Waals surface area contributed by atoms with E-state index in [0.717, 1.165) is 10.4 Å². The van der Waals surface area contributed by atoms with Crippen molar-refractivity contribution in [3.05, 3.63) is 57.6 Å². The Labute approximate surface area is 156 Å². The van der Waals surface area contributed by atoms with Gasteiger partial charge in [-0.2, -0.15) is 0 Å². The summed E-state index contributed by atoms with van der Waals surface area (Å²) in [5.74, 6) is 0. The number of anilines is 1. The van der Waals surface area contributed by atoms with Crippen LogP contribution < -0.4 is 9.44 Å². The monoisotopic (exact) mass is 411 g/mol. The summed E-state index contributed by atoms with van der Waals surface area (Å²) in [6.07, 6.45) is 0.297. The molecule has 0 saturated heterocycles. The zero-order valence-corrected chi connectivity index (χ0v) is 16.1. The molecule has 144 valence electrons. The van der Waals surface area contributed by atoms with E-state index in [-0.39, 0.29) is 15.5 Å². The molecule has 9 nitrogen and oxygen atoms in total. The molecule has 1 atom stereocenters. The van der Waals surface area contributed by atoms with Crippen LogP contribution in [0.5, 0.6) is 0 Å². The molecule has 2 N–H and O–H groups in total. The van der Waals surface area contributed by atoms with Gasteiger partial charge < -0.3 is 0 Å². The first-order valence-corrected chi connectivity index (χ1v) is 10.9. The van der Waals surface area contributed by atoms with E-state index in [2.05, 4.69) is 0 Å². The minimum Gasteiger partial charge on any atom is -0.263 e. The lowest BCUT2D eigenvalue weighted by atomic mass is 10.1. The first-order valence-electron chi connectivity index (χ1n) is 7.88. The molecule has 2 aromatic carbocycles. The van der Waals surface area contributed by atoms with Crippen LogP contribution >= 0.6 is 0 Å². The standard InChI is InChI=1S/C16H17N3O6S2/c1-10-3-4-14(9-16(10)19(20)21)27(24,25)18-11(2)7-12-8-13(26(17,22)23)5-6-15(12)18/h3-6,8-9,11H,7H2,1-2H3,(H2,17,22,23). The maximum atomic E-state index is 13.1. The highest BCUT2D eigenvalue weighted by Gasteiger charge is 2.37. The Morgan fingerprint density at radius 3 is 2.33 bits per heavy atom. The quantitative estimate of drug-likeness (QED) is 0.599. The van der Waals surface area contributed by atoms with E-state index >= 15 is 0 Å². The van der Waals surface area contributed by atoms with Crippen molar-refractivity contribution in [2.45, 2.75) is 36.1 Å². The fourth-order valence-corrected chi connectivity index (χ4v) is 5.46. The first kappa shape index (κ1) is 19.3. The number of primary sulfonamides is 1. The molecule has 0 spiro atoms. The number of aryl methyl sites for hydroxylation is 1. The van der Waals surface area contributed by atoms with Crippen LogP contribution in [0.15, 0.2) is 46.2 Å². The number of hydrogen-bond donors (Lipinski definition) is 1. The Bertz CT molecular complexity index is 1160. The molecule has 0 aliphatic carbocycles. The number of hydrogen-bond acceptors (Lipinski definition) is 6. The van der Waals surface area contributed by atoms with Crippen LogP contribution in [0.2, 0.25) is 0 Å². The molecule has 0 aromatic heterocycles. The summed E-state index contributed by atoms with van der Waals surface area (Å²) in [7, 11) is -7.98. The third kappa shape index (κ3) is 3.29. The van der Waals surface area contributed by atoms with Gasteiger partial charge in [-0.1, -0.05) is 6.07 Å². The molecule has 0 radical (unpaired) electrons. The van der Waals surface area contributed by atoms with Crippen molar-refractivity contribution < 1.29 is 21.8 Å². The van der Waals surface area contributed by atoms with Gasteiger partial charge in [-0.05, 0) is 50.1 Å². The first-order chi connectivity index (χ1) is 12.4. The topological polar surface area (TPSA) is 141 Å². The number of nitro benzene ring substituents is 1. The molecule has 0 saturated carbocycles. The van der Waals surface area contributed by atoms with E-state index in [1.165, 1.54) is 37.3 Å². The Balaban J connectivity index is 2.12. The second-order valence-electron chi connectivity index (χ2n) is 6.39. The summed E-state index contributed by atoms with van der Waals surface area (Å²) in [4.78, 5) is 10.2. The van der Waals surface area contributed by atoms with E-state index in [0.29, 0.717) is 23.2 Å². The van der Waals surface area contributed by atoms with Crippen molar-refractivity contribution >= 4 is 31.4 Å². The number of nitrogens with two attached hydrogens (primary N) is 1. The van der Waals surface area contributed by atoms with Gasteiger partial charge in [-0.25, -0.2) is 22.0 Å². The minimum absolute atomic E-state index is 0.0985. The molecule has 0 bridgehead atoms.